The minimum Gasteiger partial charge on any atom is -0.491 e. The van der Waals surface area contributed by atoms with Gasteiger partial charge in [0.1, 0.15) is 5.75 Å². The first-order valence-electron chi connectivity index (χ1n) is 5.07. The molecule has 0 radical (unpaired) electrons. The monoisotopic (exact) mass is 227 g/mol. The van der Waals surface area contributed by atoms with E-state index < -0.39 is 0 Å². The number of halogens is 1. The number of hydrogen-bond acceptors (Lipinski definition) is 2. The Morgan fingerprint density at radius 3 is 2.60 bits per heavy atom. The van der Waals surface area contributed by atoms with Crippen LogP contribution in [0, 0.1) is 5.41 Å². The van der Waals surface area contributed by atoms with Crippen molar-refractivity contribution < 1.29 is 4.74 Å². The van der Waals surface area contributed by atoms with Gasteiger partial charge in [-0.25, -0.2) is 0 Å². The van der Waals surface area contributed by atoms with Crippen molar-refractivity contribution in [1.82, 2.24) is 5.32 Å². The van der Waals surface area contributed by atoms with Crippen molar-refractivity contribution in [3.05, 3.63) is 29.3 Å². The maximum Gasteiger partial charge on any atom is 0.137 e. The smallest absolute Gasteiger partial charge is 0.137 e. The Bertz CT molecular complexity index is 312. The van der Waals surface area contributed by atoms with Crippen LogP contribution >= 0.6 is 11.6 Å². The molecule has 1 rings (SSSR count). The van der Waals surface area contributed by atoms with Crippen molar-refractivity contribution in [3.63, 3.8) is 0 Å². The van der Waals surface area contributed by atoms with Gasteiger partial charge in [-0.2, -0.15) is 0 Å². The van der Waals surface area contributed by atoms with Crippen molar-refractivity contribution in [2.75, 3.05) is 20.2 Å². The second-order valence-corrected chi connectivity index (χ2v) is 4.82. The first-order chi connectivity index (χ1) is 7.05. The van der Waals surface area contributed by atoms with Gasteiger partial charge in [-0.3, -0.25) is 0 Å². The van der Waals surface area contributed by atoms with Crippen LogP contribution in [-0.4, -0.2) is 20.2 Å². The summed E-state index contributed by atoms with van der Waals surface area (Å²) in [5.41, 5.74) is 0.105. The fourth-order valence-corrected chi connectivity index (χ4v) is 1.55. The zero-order chi connectivity index (χ0) is 11.3. The summed E-state index contributed by atoms with van der Waals surface area (Å²) in [7, 11) is 1.94. The molecule has 0 heterocycles. The SMILES string of the molecule is CNCC(C)(C)COc1ccccc1Cl. The van der Waals surface area contributed by atoms with Crippen molar-refractivity contribution in [3.8, 4) is 5.75 Å². The van der Waals surface area contributed by atoms with Crippen LogP contribution in [0.15, 0.2) is 24.3 Å². The molecule has 0 spiro atoms. The van der Waals surface area contributed by atoms with Crippen LogP contribution in [0.4, 0.5) is 0 Å². The molecular formula is C12H18ClNO. The average molecular weight is 228 g/mol. The molecular weight excluding hydrogens is 210 g/mol. The van der Waals surface area contributed by atoms with Crippen LogP contribution < -0.4 is 10.1 Å². The second kappa shape index (κ2) is 5.38. The Morgan fingerprint density at radius 1 is 1.33 bits per heavy atom. The lowest BCUT2D eigenvalue weighted by atomic mass is 9.95. The molecule has 0 aliphatic rings. The number of para-hydroxylation sites is 1. The van der Waals surface area contributed by atoms with E-state index in [4.69, 9.17) is 16.3 Å². The van der Waals surface area contributed by atoms with E-state index in [-0.39, 0.29) is 5.41 Å². The highest BCUT2D eigenvalue weighted by Gasteiger charge is 2.18. The summed E-state index contributed by atoms with van der Waals surface area (Å²) in [4.78, 5) is 0. The van der Waals surface area contributed by atoms with E-state index in [1.807, 2.05) is 31.3 Å². The van der Waals surface area contributed by atoms with Crippen molar-refractivity contribution >= 4 is 11.6 Å². The molecule has 1 N–H and O–H groups in total. The predicted octanol–water partition coefficient (Wildman–Crippen LogP) is 2.96. The Hall–Kier alpha value is -0.730. The van der Waals surface area contributed by atoms with Crippen molar-refractivity contribution in [2.24, 2.45) is 5.41 Å². The summed E-state index contributed by atoms with van der Waals surface area (Å²) in [6, 6.07) is 7.54. The number of ether oxygens (including phenoxy) is 1. The molecule has 15 heavy (non-hydrogen) atoms. The maximum absolute atomic E-state index is 5.99. The largest absolute Gasteiger partial charge is 0.491 e. The zero-order valence-electron chi connectivity index (χ0n) is 9.51. The summed E-state index contributed by atoms with van der Waals surface area (Å²) in [6.07, 6.45) is 0. The molecule has 84 valence electrons. The van der Waals surface area contributed by atoms with Gasteiger partial charge in [-0.15, -0.1) is 0 Å². The fraction of sp³-hybridized carbons (Fsp3) is 0.500. The highest BCUT2D eigenvalue weighted by atomic mass is 35.5. The van der Waals surface area contributed by atoms with Gasteiger partial charge in [0, 0.05) is 12.0 Å². The lowest BCUT2D eigenvalue weighted by Crippen LogP contribution is -2.32. The molecule has 0 aliphatic carbocycles. The van der Waals surface area contributed by atoms with Crippen molar-refractivity contribution in [2.45, 2.75) is 13.8 Å². The van der Waals surface area contributed by atoms with Gasteiger partial charge < -0.3 is 10.1 Å². The first kappa shape index (κ1) is 12.3. The molecule has 0 saturated carbocycles. The Morgan fingerprint density at radius 2 is 2.00 bits per heavy atom. The van der Waals surface area contributed by atoms with Gasteiger partial charge in [0.2, 0.25) is 0 Å². The minimum absolute atomic E-state index is 0.105. The van der Waals surface area contributed by atoms with E-state index in [0.29, 0.717) is 11.6 Å². The van der Waals surface area contributed by atoms with Gasteiger partial charge in [0.25, 0.3) is 0 Å². The van der Waals surface area contributed by atoms with E-state index >= 15 is 0 Å². The average Bonchev–Trinajstić information content (AvgIpc) is 2.16. The number of hydrogen-bond donors (Lipinski definition) is 1. The highest BCUT2D eigenvalue weighted by Crippen LogP contribution is 2.25. The van der Waals surface area contributed by atoms with Crippen LogP contribution in [0.25, 0.3) is 0 Å². The predicted molar refractivity (Wildman–Crippen MR) is 64.7 cm³/mol. The van der Waals surface area contributed by atoms with Gasteiger partial charge in [0.15, 0.2) is 0 Å². The number of nitrogens with one attached hydrogen (secondary N) is 1. The van der Waals surface area contributed by atoms with Gasteiger partial charge in [0.05, 0.1) is 11.6 Å². The van der Waals surface area contributed by atoms with Crippen LogP contribution in [0.5, 0.6) is 5.75 Å². The summed E-state index contributed by atoms with van der Waals surface area (Å²) in [5, 5.41) is 3.81. The molecule has 0 aliphatic heterocycles. The standard InChI is InChI=1S/C12H18ClNO/c1-12(2,8-14-3)9-15-11-7-5-4-6-10(11)13/h4-7,14H,8-9H2,1-3H3. The summed E-state index contributed by atoms with van der Waals surface area (Å²) in [6.45, 7) is 5.87. The number of benzene rings is 1. The second-order valence-electron chi connectivity index (χ2n) is 4.41. The quantitative estimate of drug-likeness (QED) is 0.835. The third-order valence-corrected chi connectivity index (χ3v) is 2.42. The highest BCUT2D eigenvalue weighted by molar-refractivity contribution is 6.32. The molecule has 0 bridgehead atoms. The lowest BCUT2D eigenvalue weighted by molar-refractivity contribution is 0.179. The van der Waals surface area contributed by atoms with E-state index in [0.717, 1.165) is 12.3 Å². The molecule has 3 heteroatoms. The third kappa shape index (κ3) is 4.10. The van der Waals surface area contributed by atoms with Crippen LogP contribution in [-0.2, 0) is 0 Å². The Kier molecular flexibility index (Phi) is 4.43. The molecule has 0 aromatic heterocycles. The number of rotatable bonds is 5. The molecule has 1 aromatic rings. The fourth-order valence-electron chi connectivity index (χ4n) is 1.36. The van der Waals surface area contributed by atoms with Crippen LogP contribution in [0.1, 0.15) is 13.8 Å². The Labute approximate surface area is 96.6 Å². The zero-order valence-corrected chi connectivity index (χ0v) is 10.3. The maximum atomic E-state index is 5.99. The van der Waals surface area contributed by atoms with Crippen molar-refractivity contribution in [1.29, 1.82) is 0 Å². The molecule has 0 atom stereocenters. The van der Waals surface area contributed by atoms with E-state index in [2.05, 4.69) is 19.2 Å². The normalized spacial score (nSPS) is 11.5. The van der Waals surface area contributed by atoms with Gasteiger partial charge in [-0.1, -0.05) is 37.6 Å². The van der Waals surface area contributed by atoms with Gasteiger partial charge >= 0.3 is 0 Å². The molecule has 0 fully saturated rings. The lowest BCUT2D eigenvalue weighted by Gasteiger charge is -2.24. The third-order valence-electron chi connectivity index (χ3n) is 2.11. The molecule has 0 saturated heterocycles. The van der Waals surface area contributed by atoms with Crippen LogP contribution in [0.2, 0.25) is 5.02 Å². The summed E-state index contributed by atoms with van der Waals surface area (Å²) in [5.74, 6) is 0.753. The topological polar surface area (TPSA) is 21.3 Å². The molecule has 2 nitrogen and oxygen atoms in total. The van der Waals surface area contributed by atoms with E-state index in [9.17, 15) is 0 Å². The van der Waals surface area contributed by atoms with E-state index in [1.54, 1.807) is 0 Å². The molecule has 1 aromatic carbocycles. The molecule has 0 unspecified atom stereocenters. The summed E-state index contributed by atoms with van der Waals surface area (Å²) < 4.78 is 5.68. The summed E-state index contributed by atoms with van der Waals surface area (Å²) >= 11 is 5.99. The molecule has 0 amide bonds. The van der Waals surface area contributed by atoms with Crippen LogP contribution in [0.3, 0.4) is 0 Å². The minimum atomic E-state index is 0.105. The first-order valence-corrected chi connectivity index (χ1v) is 5.45. The van der Waals surface area contributed by atoms with E-state index in [1.165, 1.54) is 0 Å². The van der Waals surface area contributed by atoms with Gasteiger partial charge in [-0.05, 0) is 19.2 Å². The Balaban J connectivity index is 2.53.